The Bertz CT molecular complexity index is 290. The second-order valence-electron chi connectivity index (χ2n) is 4.20. The van der Waals surface area contributed by atoms with Gasteiger partial charge in [-0.2, -0.15) is 0 Å². The predicted molar refractivity (Wildman–Crippen MR) is 51.7 cm³/mol. The van der Waals surface area contributed by atoms with Gasteiger partial charge in [0.25, 0.3) is 0 Å². The van der Waals surface area contributed by atoms with Gasteiger partial charge in [0.2, 0.25) is 11.8 Å². The molecule has 0 saturated carbocycles. The van der Waals surface area contributed by atoms with Crippen molar-refractivity contribution in [2.45, 2.75) is 32.9 Å². The van der Waals surface area contributed by atoms with E-state index in [4.69, 9.17) is 4.42 Å². The van der Waals surface area contributed by atoms with E-state index < -0.39 is 5.60 Å². The van der Waals surface area contributed by atoms with Crippen molar-refractivity contribution in [1.29, 1.82) is 0 Å². The quantitative estimate of drug-likeness (QED) is 0.768. The summed E-state index contributed by atoms with van der Waals surface area (Å²) in [6.45, 7) is 6.41. The monoisotopic (exact) mass is 199 g/mol. The molecule has 0 saturated heterocycles. The second kappa shape index (κ2) is 4.06. The van der Waals surface area contributed by atoms with Gasteiger partial charge in [0.1, 0.15) is 0 Å². The van der Waals surface area contributed by atoms with E-state index in [1.54, 1.807) is 20.8 Å². The van der Waals surface area contributed by atoms with E-state index in [9.17, 15) is 5.11 Å². The molecule has 0 radical (unpaired) electrons. The number of aromatic nitrogens is 2. The molecule has 0 fully saturated rings. The van der Waals surface area contributed by atoms with Crippen LogP contribution in [0.4, 0.5) is 0 Å². The van der Waals surface area contributed by atoms with Crippen LogP contribution in [0.25, 0.3) is 0 Å². The highest BCUT2D eigenvalue weighted by atomic mass is 16.4. The molecule has 0 aliphatic carbocycles. The largest absolute Gasteiger partial charge is 0.424 e. The van der Waals surface area contributed by atoms with Crippen LogP contribution in [0.5, 0.6) is 0 Å². The molecule has 1 aromatic rings. The second-order valence-corrected chi connectivity index (χ2v) is 4.20. The lowest BCUT2D eigenvalue weighted by Crippen LogP contribution is -2.35. The number of nitrogens with zero attached hydrogens (tertiary/aromatic N) is 3. The fourth-order valence-electron chi connectivity index (χ4n) is 1.35. The van der Waals surface area contributed by atoms with E-state index >= 15 is 0 Å². The van der Waals surface area contributed by atoms with Gasteiger partial charge in [0, 0.05) is 13.5 Å². The maximum absolute atomic E-state index is 9.56. The average Bonchev–Trinajstić information content (AvgIpc) is 2.30. The summed E-state index contributed by atoms with van der Waals surface area (Å²) in [6, 6.07) is 0. The Labute approximate surface area is 83.7 Å². The summed E-state index contributed by atoms with van der Waals surface area (Å²) < 4.78 is 5.22. The Kier molecular flexibility index (Phi) is 3.23. The van der Waals surface area contributed by atoms with Gasteiger partial charge in [0.15, 0.2) is 0 Å². The molecule has 80 valence electrons. The zero-order chi connectivity index (χ0) is 10.8. The van der Waals surface area contributed by atoms with Crippen LogP contribution >= 0.6 is 0 Å². The van der Waals surface area contributed by atoms with Crippen molar-refractivity contribution in [3.63, 3.8) is 0 Å². The van der Waals surface area contributed by atoms with Crippen LogP contribution in [-0.2, 0) is 6.54 Å². The van der Waals surface area contributed by atoms with Crippen molar-refractivity contribution >= 4 is 0 Å². The van der Waals surface area contributed by atoms with Crippen LogP contribution in [0, 0.1) is 6.92 Å². The fraction of sp³-hybridized carbons (Fsp3) is 0.778. The average molecular weight is 199 g/mol. The number of likely N-dealkylation sites (N-methyl/N-ethyl adjacent to an activating group) is 1. The lowest BCUT2D eigenvalue weighted by atomic mass is 10.1. The Morgan fingerprint density at radius 2 is 2.07 bits per heavy atom. The molecule has 1 heterocycles. The van der Waals surface area contributed by atoms with Crippen LogP contribution in [0.15, 0.2) is 4.42 Å². The topological polar surface area (TPSA) is 62.4 Å². The van der Waals surface area contributed by atoms with E-state index in [1.807, 2.05) is 11.9 Å². The Morgan fingerprint density at radius 1 is 1.43 bits per heavy atom. The predicted octanol–water partition coefficient (Wildman–Crippen LogP) is 0.581. The molecule has 0 aliphatic rings. The highest BCUT2D eigenvalue weighted by Crippen LogP contribution is 2.07. The van der Waals surface area contributed by atoms with Crippen LogP contribution < -0.4 is 0 Å². The third-order valence-corrected chi connectivity index (χ3v) is 1.63. The maximum Gasteiger partial charge on any atom is 0.230 e. The molecule has 0 unspecified atom stereocenters. The summed E-state index contributed by atoms with van der Waals surface area (Å²) in [5.74, 6) is 1.14. The SMILES string of the molecule is Cc1nnc(CN(C)CC(C)(C)O)o1. The van der Waals surface area contributed by atoms with Crippen LogP contribution in [0.3, 0.4) is 0 Å². The molecule has 14 heavy (non-hydrogen) atoms. The molecule has 5 heteroatoms. The standard InChI is InChI=1S/C9H17N3O2/c1-7-10-11-8(14-7)5-12(4)6-9(2,3)13/h13H,5-6H2,1-4H3. The molecule has 1 N–H and O–H groups in total. The van der Waals surface area contributed by atoms with Gasteiger partial charge in [-0.15, -0.1) is 10.2 Å². The smallest absolute Gasteiger partial charge is 0.230 e. The number of hydrogen-bond donors (Lipinski definition) is 1. The van der Waals surface area contributed by atoms with E-state index in [-0.39, 0.29) is 0 Å². The molecule has 1 aromatic heterocycles. The van der Waals surface area contributed by atoms with Gasteiger partial charge in [-0.25, -0.2) is 0 Å². The van der Waals surface area contributed by atoms with Gasteiger partial charge in [0.05, 0.1) is 12.1 Å². The Balaban J connectivity index is 2.45. The minimum absolute atomic E-state index is 0.560. The molecular weight excluding hydrogens is 182 g/mol. The number of hydrogen-bond acceptors (Lipinski definition) is 5. The number of aryl methyl sites for hydroxylation is 1. The molecule has 5 nitrogen and oxygen atoms in total. The fourth-order valence-corrected chi connectivity index (χ4v) is 1.35. The zero-order valence-electron chi connectivity index (χ0n) is 9.11. The number of aliphatic hydroxyl groups is 1. The minimum Gasteiger partial charge on any atom is -0.424 e. The molecule has 0 aliphatic heterocycles. The molecular formula is C9H17N3O2. The highest BCUT2D eigenvalue weighted by molar-refractivity contribution is 4.80. The van der Waals surface area contributed by atoms with Gasteiger partial charge in [-0.1, -0.05) is 0 Å². The summed E-state index contributed by atoms with van der Waals surface area (Å²) in [5.41, 5.74) is -0.705. The summed E-state index contributed by atoms with van der Waals surface area (Å²) in [7, 11) is 1.90. The summed E-state index contributed by atoms with van der Waals surface area (Å²) in [5, 5.41) is 17.2. The summed E-state index contributed by atoms with van der Waals surface area (Å²) >= 11 is 0. The van der Waals surface area contributed by atoms with Gasteiger partial charge in [-0.3, -0.25) is 4.90 Å². The van der Waals surface area contributed by atoms with Crippen LogP contribution in [0.2, 0.25) is 0 Å². The van der Waals surface area contributed by atoms with Gasteiger partial charge in [-0.05, 0) is 20.9 Å². The van der Waals surface area contributed by atoms with Crippen LogP contribution in [0.1, 0.15) is 25.6 Å². The molecule has 0 bridgehead atoms. The van der Waals surface area contributed by atoms with Crippen molar-refractivity contribution < 1.29 is 9.52 Å². The third kappa shape index (κ3) is 3.85. The molecule has 0 atom stereocenters. The van der Waals surface area contributed by atoms with E-state index in [1.165, 1.54) is 0 Å². The summed E-state index contributed by atoms with van der Waals surface area (Å²) in [4.78, 5) is 1.94. The molecule has 0 aromatic carbocycles. The zero-order valence-corrected chi connectivity index (χ0v) is 9.11. The first kappa shape index (κ1) is 11.1. The van der Waals surface area contributed by atoms with Crippen LogP contribution in [-0.4, -0.2) is 39.4 Å². The maximum atomic E-state index is 9.56. The van der Waals surface area contributed by atoms with E-state index in [2.05, 4.69) is 10.2 Å². The van der Waals surface area contributed by atoms with E-state index in [0.29, 0.717) is 24.9 Å². The molecule has 1 rings (SSSR count). The van der Waals surface area contributed by atoms with Crippen molar-refractivity contribution in [1.82, 2.24) is 15.1 Å². The molecule has 0 spiro atoms. The lowest BCUT2D eigenvalue weighted by molar-refractivity contribution is 0.0402. The minimum atomic E-state index is -0.705. The number of rotatable bonds is 4. The Hall–Kier alpha value is -0.940. The van der Waals surface area contributed by atoms with Crippen molar-refractivity contribution in [2.75, 3.05) is 13.6 Å². The highest BCUT2D eigenvalue weighted by Gasteiger charge is 2.16. The summed E-state index contributed by atoms with van der Waals surface area (Å²) in [6.07, 6.45) is 0. The first-order valence-corrected chi connectivity index (χ1v) is 4.57. The Morgan fingerprint density at radius 3 is 2.50 bits per heavy atom. The first-order valence-electron chi connectivity index (χ1n) is 4.57. The van der Waals surface area contributed by atoms with Crippen molar-refractivity contribution in [3.05, 3.63) is 11.8 Å². The third-order valence-electron chi connectivity index (χ3n) is 1.63. The van der Waals surface area contributed by atoms with Gasteiger partial charge >= 0.3 is 0 Å². The first-order chi connectivity index (χ1) is 6.37. The lowest BCUT2D eigenvalue weighted by Gasteiger charge is -2.23. The van der Waals surface area contributed by atoms with Gasteiger partial charge < -0.3 is 9.52 Å². The van der Waals surface area contributed by atoms with E-state index in [0.717, 1.165) is 0 Å². The molecule has 0 amide bonds. The van der Waals surface area contributed by atoms with Crippen molar-refractivity contribution in [3.8, 4) is 0 Å². The van der Waals surface area contributed by atoms with Crippen molar-refractivity contribution in [2.24, 2.45) is 0 Å². The normalized spacial score (nSPS) is 12.4.